The molecule has 0 bridgehead atoms. The summed E-state index contributed by atoms with van der Waals surface area (Å²) in [4.78, 5) is 2.32. The lowest BCUT2D eigenvalue weighted by molar-refractivity contribution is 0.210. The van der Waals surface area contributed by atoms with Gasteiger partial charge in [-0.3, -0.25) is 4.90 Å². The highest BCUT2D eigenvalue weighted by Crippen LogP contribution is 2.16. The Kier molecular flexibility index (Phi) is 6.82. The average molecular weight is 294 g/mol. The van der Waals surface area contributed by atoms with E-state index in [-0.39, 0.29) is 11.4 Å². The van der Waals surface area contributed by atoms with E-state index in [0.717, 1.165) is 30.6 Å². The van der Waals surface area contributed by atoms with E-state index in [1.54, 1.807) is 6.07 Å². The van der Waals surface area contributed by atoms with Crippen LogP contribution in [0.4, 0.5) is 4.39 Å². The molecule has 0 amide bonds. The Morgan fingerprint density at radius 2 is 1.90 bits per heavy atom. The maximum absolute atomic E-state index is 14.1. The van der Waals surface area contributed by atoms with E-state index >= 15 is 0 Å². The van der Waals surface area contributed by atoms with Gasteiger partial charge in [-0.1, -0.05) is 19.1 Å². The monoisotopic (exact) mass is 294 g/mol. The molecule has 0 atom stereocenters. The molecular formula is C18H31FN2. The van der Waals surface area contributed by atoms with E-state index in [4.69, 9.17) is 0 Å². The largest absolute Gasteiger partial charge is 0.308 e. The normalized spacial score (nSPS) is 12.4. The molecule has 0 fully saturated rings. The highest BCUT2D eigenvalue weighted by molar-refractivity contribution is 5.25. The van der Waals surface area contributed by atoms with Gasteiger partial charge in [-0.05, 0) is 59.2 Å². The maximum Gasteiger partial charge on any atom is 0.127 e. The van der Waals surface area contributed by atoms with Crippen molar-refractivity contribution in [3.63, 3.8) is 0 Å². The van der Waals surface area contributed by atoms with Crippen LogP contribution in [0.2, 0.25) is 0 Å². The Hall–Kier alpha value is -0.930. The van der Waals surface area contributed by atoms with Crippen molar-refractivity contribution in [1.29, 1.82) is 0 Å². The van der Waals surface area contributed by atoms with Crippen LogP contribution in [0.5, 0.6) is 0 Å². The standard InChI is InChI=1S/C18H31FN2/c1-7-10-21(14(2)3)13-16-11-15(8-9-17(16)19)12-20-18(4,5)6/h8-9,11,14,20H,7,10,12-13H2,1-6H3. The lowest BCUT2D eigenvalue weighted by Gasteiger charge is -2.26. The van der Waals surface area contributed by atoms with E-state index < -0.39 is 0 Å². The summed E-state index contributed by atoms with van der Waals surface area (Å²) in [5.41, 5.74) is 2.01. The molecule has 0 aliphatic heterocycles. The van der Waals surface area contributed by atoms with Crippen LogP contribution in [0.1, 0.15) is 59.1 Å². The second kappa shape index (κ2) is 7.90. The predicted octanol–water partition coefficient (Wildman–Crippen LogP) is 4.33. The summed E-state index contributed by atoms with van der Waals surface area (Å²) in [7, 11) is 0. The van der Waals surface area contributed by atoms with E-state index in [1.807, 2.05) is 12.1 Å². The summed E-state index contributed by atoms with van der Waals surface area (Å²) in [6, 6.07) is 5.90. The summed E-state index contributed by atoms with van der Waals surface area (Å²) in [5.74, 6) is -0.101. The first-order chi connectivity index (χ1) is 9.73. The van der Waals surface area contributed by atoms with Gasteiger partial charge in [0.2, 0.25) is 0 Å². The number of rotatable bonds is 7. The molecule has 0 heterocycles. The molecule has 1 N–H and O–H groups in total. The molecule has 3 heteroatoms. The third kappa shape index (κ3) is 6.58. The fourth-order valence-electron chi connectivity index (χ4n) is 2.25. The summed E-state index contributed by atoms with van der Waals surface area (Å²) in [6.07, 6.45) is 1.09. The summed E-state index contributed by atoms with van der Waals surface area (Å²) in [6.45, 7) is 15.4. The van der Waals surface area contributed by atoms with Gasteiger partial charge in [0.25, 0.3) is 0 Å². The number of hydrogen-bond acceptors (Lipinski definition) is 2. The minimum absolute atomic E-state index is 0.0702. The molecule has 21 heavy (non-hydrogen) atoms. The topological polar surface area (TPSA) is 15.3 Å². The fraction of sp³-hybridized carbons (Fsp3) is 0.667. The molecule has 0 saturated heterocycles. The van der Waals surface area contributed by atoms with Crippen molar-refractivity contribution in [3.05, 3.63) is 35.1 Å². The zero-order valence-corrected chi connectivity index (χ0v) is 14.5. The number of nitrogens with one attached hydrogen (secondary N) is 1. The van der Waals surface area contributed by atoms with Gasteiger partial charge >= 0.3 is 0 Å². The van der Waals surface area contributed by atoms with Gasteiger partial charge in [0.05, 0.1) is 0 Å². The molecule has 1 aromatic rings. The SMILES string of the molecule is CCCN(Cc1cc(CNC(C)(C)C)ccc1F)C(C)C. The van der Waals surface area contributed by atoms with E-state index in [2.05, 4.69) is 51.8 Å². The summed E-state index contributed by atoms with van der Waals surface area (Å²) in [5, 5.41) is 3.45. The van der Waals surface area contributed by atoms with E-state index in [1.165, 1.54) is 0 Å². The van der Waals surface area contributed by atoms with Crippen LogP contribution >= 0.6 is 0 Å². The van der Waals surface area contributed by atoms with Crippen molar-refractivity contribution in [1.82, 2.24) is 10.2 Å². The van der Waals surface area contributed by atoms with Crippen LogP contribution in [0, 0.1) is 5.82 Å². The van der Waals surface area contributed by atoms with Crippen LogP contribution in [0.3, 0.4) is 0 Å². The smallest absolute Gasteiger partial charge is 0.127 e. The first-order valence-corrected chi connectivity index (χ1v) is 7.99. The van der Waals surface area contributed by atoms with Gasteiger partial charge in [-0.15, -0.1) is 0 Å². The Balaban J connectivity index is 2.81. The van der Waals surface area contributed by atoms with Gasteiger partial charge in [0, 0.05) is 30.2 Å². The highest BCUT2D eigenvalue weighted by Gasteiger charge is 2.13. The summed E-state index contributed by atoms with van der Waals surface area (Å²) < 4.78 is 14.1. The van der Waals surface area contributed by atoms with Crippen LogP contribution in [0.25, 0.3) is 0 Å². The molecule has 0 aromatic heterocycles. The Labute approximate surface area is 129 Å². The lowest BCUT2D eigenvalue weighted by Crippen LogP contribution is -2.35. The predicted molar refractivity (Wildman–Crippen MR) is 88.8 cm³/mol. The first-order valence-electron chi connectivity index (χ1n) is 7.99. The van der Waals surface area contributed by atoms with Crippen LogP contribution in [-0.2, 0) is 13.1 Å². The minimum Gasteiger partial charge on any atom is -0.308 e. The third-order valence-corrected chi connectivity index (χ3v) is 3.55. The minimum atomic E-state index is -0.101. The number of nitrogens with zero attached hydrogens (tertiary/aromatic N) is 1. The van der Waals surface area contributed by atoms with Gasteiger partial charge in [0.1, 0.15) is 5.82 Å². The second-order valence-corrected chi connectivity index (χ2v) is 7.09. The van der Waals surface area contributed by atoms with Gasteiger partial charge in [-0.25, -0.2) is 4.39 Å². The van der Waals surface area contributed by atoms with E-state index in [9.17, 15) is 4.39 Å². The zero-order chi connectivity index (χ0) is 16.0. The van der Waals surface area contributed by atoms with Crippen LogP contribution in [0.15, 0.2) is 18.2 Å². The fourth-order valence-corrected chi connectivity index (χ4v) is 2.25. The average Bonchev–Trinajstić information content (AvgIpc) is 2.37. The molecule has 0 spiro atoms. The van der Waals surface area contributed by atoms with Crippen molar-refractivity contribution in [2.75, 3.05) is 6.54 Å². The molecule has 120 valence electrons. The third-order valence-electron chi connectivity index (χ3n) is 3.55. The van der Waals surface area contributed by atoms with Crippen molar-refractivity contribution < 1.29 is 4.39 Å². The molecule has 1 aromatic carbocycles. The van der Waals surface area contributed by atoms with Gasteiger partial charge in [0.15, 0.2) is 0 Å². The van der Waals surface area contributed by atoms with Gasteiger partial charge < -0.3 is 5.32 Å². The maximum atomic E-state index is 14.1. The van der Waals surface area contributed by atoms with E-state index in [0.29, 0.717) is 12.6 Å². The number of hydrogen-bond donors (Lipinski definition) is 1. The molecular weight excluding hydrogens is 263 g/mol. The molecule has 0 radical (unpaired) electrons. The molecule has 2 nitrogen and oxygen atoms in total. The molecule has 0 aliphatic carbocycles. The Morgan fingerprint density at radius 1 is 1.24 bits per heavy atom. The number of halogens is 1. The summed E-state index contributed by atoms with van der Waals surface area (Å²) >= 11 is 0. The Morgan fingerprint density at radius 3 is 2.43 bits per heavy atom. The first kappa shape index (κ1) is 18.1. The van der Waals surface area contributed by atoms with Crippen molar-refractivity contribution in [2.24, 2.45) is 0 Å². The molecule has 0 unspecified atom stereocenters. The molecule has 0 saturated carbocycles. The molecule has 1 rings (SSSR count). The van der Waals surface area contributed by atoms with Gasteiger partial charge in [-0.2, -0.15) is 0 Å². The van der Waals surface area contributed by atoms with Crippen molar-refractivity contribution in [2.45, 2.75) is 72.6 Å². The quantitative estimate of drug-likeness (QED) is 0.805. The lowest BCUT2D eigenvalue weighted by atomic mass is 10.1. The zero-order valence-electron chi connectivity index (χ0n) is 14.5. The molecule has 0 aliphatic rings. The Bertz CT molecular complexity index is 435. The van der Waals surface area contributed by atoms with Crippen LogP contribution in [-0.4, -0.2) is 23.0 Å². The van der Waals surface area contributed by atoms with Crippen molar-refractivity contribution in [3.8, 4) is 0 Å². The van der Waals surface area contributed by atoms with Crippen LogP contribution < -0.4 is 5.32 Å². The van der Waals surface area contributed by atoms with Crippen molar-refractivity contribution >= 4 is 0 Å². The highest BCUT2D eigenvalue weighted by atomic mass is 19.1. The second-order valence-electron chi connectivity index (χ2n) is 7.09. The number of benzene rings is 1.